The summed E-state index contributed by atoms with van der Waals surface area (Å²) in [6, 6.07) is 4.18. The number of nitrogens with one attached hydrogen (secondary N) is 1. The van der Waals surface area contributed by atoms with Gasteiger partial charge in [-0.15, -0.1) is 12.4 Å². The fourth-order valence-electron chi connectivity index (χ4n) is 3.08. The van der Waals surface area contributed by atoms with E-state index < -0.39 is 0 Å². The molecule has 3 N–H and O–H groups in total. The van der Waals surface area contributed by atoms with Crippen LogP contribution in [0.2, 0.25) is 0 Å². The number of H-pyrrole nitrogens is 1. The molecule has 0 aromatic carbocycles. The highest BCUT2D eigenvalue weighted by Crippen LogP contribution is 2.24. The predicted molar refractivity (Wildman–Crippen MR) is 85.4 cm³/mol. The Hall–Kier alpha value is -1.59. The molecule has 1 saturated heterocycles. The summed E-state index contributed by atoms with van der Waals surface area (Å²) in [6.07, 6.45) is 5.07. The van der Waals surface area contributed by atoms with Crippen molar-refractivity contribution < 1.29 is 4.79 Å². The summed E-state index contributed by atoms with van der Waals surface area (Å²) < 4.78 is 0. The largest absolute Gasteiger partial charge is 0.346 e. The number of nitrogens with two attached hydrogens (primary N) is 1. The van der Waals surface area contributed by atoms with Gasteiger partial charge in [-0.25, -0.2) is 4.98 Å². The van der Waals surface area contributed by atoms with E-state index in [9.17, 15) is 4.79 Å². The van der Waals surface area contributed by atoms with E-state index in [1.54, 1.807) is 6.20 Å². The number of likely N-dealkylation sites (tertiary alicyclic amines) is 1. The van der Waals surface area contributed by atoms with Crippen molar-refractivity contribution >= 4 is 29.3 Å². The number of carbonyl (C=O) groups is 1. The zero-order chi connectivity index (χ0) is 14.1. The monoisotopic (exact) mass is 308 g/mol. The summed E-state index contributed by atoms with van der Waals surface area (Å²) in [5.74, 6) is 0.622. The number of hydrogen-bond acceptors (Lipinski definition) is 3. The summed E-state index contributed by atoms with van der Waals surface area (Å²) in [6.45, 7) is 3.55. The van der Waals surface area contributed by atoms with Gasteiger partial charge in [0.25, 0.3) is 0 Å². The Kier molecular flexibility index (Phi) is 4.85. The number of rotatable bonds is 3. The van der Waals surface area contributed by atoms with Crippen molar-refractivity contribution in [2.75, 3.05) is 13.1 Å². The van der Waals surface area contributed by atoms with E-state index in [1.165, 1.54) is 0 Å². The van der Waals surface area contributed by atoms with Gasteiger partial charge in [0.1, 0.15) is 5.65 Å². The minimum absolute atomic E-state index is 0. The van der Waals surface area contributed by atoms with Gasteiger partial charge in [-0.1, -0.05) is 0 Å². The molecule has 2 aromatic rings. The highest BCUT2D eigenvalue weighted by molar-refractivity contribution is 5.87. The Morgan fingerprint density at radius 3 is 3.10 bits per heavy atom. The first kappa shape index (κ1) is 15.8. The number of aromatic nitrogens is 2. The van der Waals surface area contributed by atoms with Crippen LogP contribution in [0, 0.1) is 5.92 Å². The van der Waals surface area contributed by atoms with Gasteiger partial charge in [0, 0.05) is 30.4 Å². The molecule has 21 heavy (non-hydrogen) atoms. The molecule has 0 aliphatic carbocycles. The zero-order valence-electron chi connectivity index (χ0n) is 12.1. The SMILES string of the molecule is CC1CC(CN)CN1C(=O)Cc1c[nH]c2ncccc12.Cl. The molecule has 114 valence electrons. The van der Waals surface area contributed by atoms with E-state index >= 15 is 0 Å². The number of aromatic amines is 1. The van der Waals surface area contributed by atoms with Crippen LogP contribution in [0.5, 0.6) is 0 Å². The minimum Gasteiger partial charge on any atom is -0.346 e. The van der Waals surface area contributed by atoms with Crippen molar-refractivity contribution in [3.63, 3.8) is 0 Å². The number of hydrogen-bond donors (Lipinski definition) is 2. The third kappa shape index (κ3) is 3.04. The molecule has 2 atom stereocenters. The normalized spacial score (nSPS) is 21.5. The Morgan fingerprint density at radius 1 is 1.57 bits per heavy atom. The van der Waals surface area contributed by atoms with Crippen molar-refractivity contribution in [3.05, 3.63) is 30.1 Å². The topological polar surface area (TPSA) is 75.0 Å². The highest BCUT2D eigenvalue weighted by atomic mass is 35.5. The number of pyridine rings is 1. The second kappa shape index (κ2) is 6.45. The van der Waals surface area contributed by atoms with Crippen LogP contribution < -0.4 is 5.73 Å². The molecule has 1 aliphatic rings. The number of carbonyl (C=O) groups excluding carboxylic acids is 1. The first-order valence-electron chi connectivity index (χ1n) is 7.09. The van der Waals surface area contributed by atoms with Crippen LogP contribution in [0.3, 0.4) is 0 Å². The number of halogens is 1. The number of amides is 1. The minimum atomic E-state index is 0. The average molecular weight is 309 g/mol. The Labute approximate surface area is 130 Å². The van der Waals surface area contributed by atoms with Crippen LogP contribution in [-0.2, 0) is 11.2 Å². The Bertz CT molecular complexity index is 627. The van der Waals surface area contributed by atoms with Crippen molar-refractivity contribution in [2.45, 2.75) is 25.8 Å². The molecule has 1 fully saturated rings. The maximum atomic E-state index is 12.5. The first-order valence-corrected chi connectivity index (χ1v) is 7.09. The molecule has 1 amide bonds. The van der Waals surface area contributed by atoms with Crippen molar-refractivity contribution in [3.8, 4) is 0 Å². The standard InChI is InChI=1S/C15H20N4O.ClH/c1-10-5-11(7-16)9-19(10)14(20)6-12-8-18-15-13(12)3-2-4-17-15;/h2-4,8,10-11H,5-7,9,16H2,1H3,(H,17,18);1H. The Balaban J connectivity index is 0.00000161. The van der Waals surface area contributed by atoms with E-state index in [1.807, 2.05) is 23.2 Å². The van der Waals surface area contributed by atoms with Crippen LogP contribution in [-0.4, -0.2) is 39.9 Å². The lowest BCUT2D eigenvalue weighted by Gasteiger charge is -2.21. The van der Waals surface area contributed by atoms with Gasteiger partial charge in [0.2, 0.25) is 5.91 Å². The quantitative estimate of drug-likeness (QED) is 0.906. The van der Waals surface area contributed by atoms with E-state index in [4.69, 9.17) is 5.73 Å². The lowest BCUT2D eigenvalue weighted by molar-refractivity contribution is -0.131. The van der Waals surface area contributed by atoms with Gasteiger partial charge in [-0.2, -0.15) is 0 Å². The molecule has 3 rings (SSSR count). The molecule has 6 heteroatoms. The molecular formula is C15H21ClN4O. The third-order valence-corrected chi connectivity index (χ3v) is 4.19. The molecule has 2 aromatic heterocycles. The number of fused-ring (bicyclic) bond motifs is 1. The van der Waals surface area contributed by atoms with Gasteiger partial charge >= 0.3 is 0 Å². The van der Waals surface area contributed by atoms with Gasteiger partial charge in [-0.05, 0) is 43.5 Å². The van der Waals surface area contributed by atoms with Crippen LogP contribution in [0.15, 0.2) is 24.5 Å². The Morgan fingerprint density at radius 2 is 2.38 bits per heavy atom. The second-order valence-electron chi connectivity index (χ2n) is 5.62. The van der Waals surface area contributed by atoms with Gasteiger partial charge < -0.3 is 15.6 Å². The molecule has 5 nitrogen and oxygen atoms in total. The molecule has 0 bridgehead atoms. The molecule has 0 radical (unpaired) electrons. The molecule has 0 spiro atoms. The van der Waals surface area contributed by atoms with E-state index in [-0.39, 0.29) is 18.3 Å². The van der Waals surface area contributed by atoms with E-state index in [2.05, 4.69) is 16.9 Å². The lowest BCUT2D eigenvalue weighted by Crippen LogP contribution is -2.35. The lowest BCUT2D eigenvalue weighted by atomic mass is 10.1. The van der Waals surface area contributed by atoms with Crippen LogP contribution in [0.1, 0.15) is 18.9 Å². The van der Waals surface area contributed by atoms with Crippen molar-refractivity contribution in [1.82, 2.24) is 14.9 Å². The van der Waals surface area contributed by atoms with Crippen molar-refractivity contribution in [2.24, 2.45) is 11.7 Å². The number of nitrogens with zero attached hydrogens (tertiary/aromatic N) is 2. The molecule has 3 heterocycles. The second-order valence-corrected chi connectivity index (χ2v) is 5.62. The fraction of sp³-hybridized carbons (Fsp3) is 0.467. The van der Waals surface area contributed by atoms with Gasteiger partial charge in [-0.3, -0.25) is 4.79 Å². The summed E-state index contributed by atoms with van der Waals surface area (Å²) >= 11 is 0. The van der Waals surface area contributed by atoms with Crippen molar-refractivity contribution in [1.29, 1.82) is 0 Å². The van der Waals surface area contributed by atoms with Gasteiger partial charge in [0.15, 0.2) is 0 Å². The summed E-state index contributed by atoms with van der Waals surface area (Å²) in [4.78, 5) is 21.8. The highest BCUT2D eigenvalue weighted by Gasteiger charge is 2.31. The molecule has 0 saturated carbocycles. The maximum Gasteiger partial charge on any atom is 0.227 e. The first-order chi connectivity index (χ1) is 9.69. The third-order valence-electron chi connectivity index (χ3n) is 4.19. The zero-order valence-corrected chi connectivity index (χ0v) is 12.9. The summed E-state index contributed by atoms with van der Waals surface area (Å²) in [5.41, 5.74) is 7.57. The summed E-state index contributed by atoms with van der Waals surface area (Å²) in [5, 5.41) is 1.03. The summed E-state index contributed by atoms with van der Waals surface area (Å²) in [7, 11) is 0. The fourth-order valence-corrected chi connectivity index (χ4v) is 3.08. The van der Waals surface area contributed by atoms with E-state index in [0.717, 1.165) is 29.6 Å². The molecule has 1 aliphatic heterocycles. The predicted octanol–water partition coefficient (Wildman–Crippen LogP) is 1.72. The van der Waals surface area contributed by atoms with Crippen LogP contribution >= 0.6 is 12.4 Å². The van der Waals surface area contributed by atoms with E-state index in [0.29, 0.717) is 24.9 Å². The van der Waals surface area contributed by atoms with Crippen LogP contribution in [0.25, 0.3) is 11.0 Å². The smallest absolute Gasteiger partial charge is 0.227 e. The average Bonchev–Trinajstić information content (AvgIpc) is 3.03. The molecule has 2 unspecified atom stereocenters. The maximum absolute atomic E-state index is 12.5. The van der Waals surface area contributed by atoms with Crippen LogP contribution in [0.4, 0.5) is 0 Å². The van der Waals surface area contributed by atoms with Gasteiger partial charge in [0.05, 0.1) is 6.42 Å². The molecular weight excluding hydrogens is 288 g/mol.